The maximum absolute atomic E-state index is 5.30. The fourth-order valence-electron chi connectivity index (χ4n) is 2.07. The zero-order valence-electron chi connectivity index (χ0n) is 8.58. The van der Waals surface area contributed by atoms with Crippen molar-refractivity contribution in [2.45, 2.75) is 37.9 Å². The van der Waals surface area contributed by atoms with E-state index in [4.69, 9.17) is 4.42 Å². The number of furan rings is 1. The van der Waals surface area contributed by atoms with Crippen LogP contribution >= 0.6 is 11.8 Å². The van der Waals surface area contributed by atoms with Crippen molar-refractivity contribution in [2.75, 3.05) is 5.75 Å². The first kappa shape index (κ1) is 10.2. The van der Waals surface area contributed by atoms with Gasteiger partial charge < -0.3 is 4.42 Å². The van der Waals surface area contributed by atoms with E-state index in [1.165, 1.54) is 37.9 Å². The summed E-state index contributed by atoms with van der Waals surface area (Å²) in [4.78, 5) is 0. The van der Waals surface area contributed by atoms with Crippen molar-refractivity contribution in [3.05, 3.63) is 24.2 Å². The Labute approximate surface area is 90.3 Å². The van der Waals surface area contributed by atoms with Gasteiger partial charge >= 0.3 is 0 Å². The second-order valence-corrected chi connectivity index (χ2v) is 5.13. The van der Waals surface area contributed by atoms with E-state index < -0.39 is 0 Å². The van der Waals surface area contributed by atoms with Gasteiger partial charge in [0.05, 0.1) is 12.0 Å². The normalized spacial score (nSPS) is 18.6. The molecule has 0 aliphatic heterocycles. The van der Waals surface area contributed by atoms with Crippen molar-refractivity contribution in [1.29, 1.82) is 0 Å². The highest BCUT2D eigenvalue weighted by Gasteiger charge is 2.13. The summed E-state index contributed by atoms with van der Waals surface area (Å²) in [7, 11) is 0. The fourth-order valence-corrected chi connectivity index (χ4v) is 3.22. The van der Waals surface area contributed by atoms with Gasteiger partial charge in [-0.25, -0.2) is 0 Å². The topological polar surface area (TPSA) is 13.1 Å². The van der Waals surface area contributed by atoms with Crippen molar-refractivity contribution in [3.63, 3.8) is 0 Å². The number of rotatable bonds is 4. The van der Waals surface area contributed by atoms with Gasteiger partial charge in [-0.05, 0) is 36.6 Å². The molecule has 1 aromatic rings. The molecule has 1 fully saturated rings. The zero-order valence-corrected chi connectivity index (χ0v) is 9.39. The van der Waals surface area contributed by atoms with Gasteiger partial charge in [0.25, 0.3) is 0 Å². The Morgan fingerprint density at radius 1 is 1.29 bits per heavy atom. The van der Waals surface area contributed by atoms with Crippen LogP contribution in [0.2, 0.25) is 0 Å². The van der Waals surface area contributed by atoms with Crippen molar-refractivity contribution in [2.24, 2.45) is 5.92 Å². The summed E-state index contributed by atoms with van der Waals surface area (Å²) >= 11 is 2.02. The second-order valence-electron chi connectivity index (χ2n) is 4.10. The van der Waals surface area contributed by atoms with Gasteiger partial charge in [0.2, 0.25) is 0 Å². The molecule has 1 aliphatic carbocycles. The average molecular weight is 210 g/mol. The standard InChI is InChI=1S/C12H18OS/c1-2-5-11(6-3-1)9-14-10-12-7-4-8-13-12/h4,7-8,11H,1-3,5-6,9-10H2. The van der Waals surface area contributed by atoms with Gasteiger partial charge in [-0.3, -0.25) is 0 Å². The lowest BCUT2D eigenvalue weighted by Gasteiger charge is -2.20. The van der Waals surface area contributed by atoms with Crippen LogP contribution in [0.5, 0.6) is 0 Å². The third kappa shape index (κ3) is 3.09. The molecule has 0 aromatic carbocycles. The number of hydrogen-bond acceptors (Lipinski definition) is 2. The molecule has 14 heavy (non-hydrogen) atoms. The summed E-state index contributed by atoms with van der Waals surface area (Å²) in [6, 6.07) is 4.03. The molecule has 0 atom stereocenters. The van der Waals surface area contributed by atoms with Gasteiger partial charge in [0.1, 0.15) is 5.76 Å². The van der Waals surface area contributed by atoms with Crippen molar-refractivity contribution < 1.29 is 4.42 Å². The highest BCUT2D eigenvalue weighted by atomic mass is 32.2. The van der Waals surface area contributed by atoms with Gasteiger partial charge in [0.15, 0.2) is 0 Å². The first-order valence-corrected chi connectivity index (χ1v) is 6.71. The van der Waals surface area contributed by atoms with Crippen LogP contribution < -0.4 is 0 Å². The minimum absolute atomic E-state index is 0.976. The quantitative estimate of drug-likeness (QED) is 0.742. The molecular formula is C12H18OS. The van der Waals surface area contributed by atoms with Crippen molar-refractivity contribution >= 4 is 11.8 Å². The van der Waals surface area contributed by atoms with E-state index in [0.717, 1.165) is 17.4 Å². The predicted molar refractivity (Wildman–Crippen MR) is 61.4 cm³/mol. The maximum atomic E-state index is 5.30. The molecular weight excluding hydrogens is 192 g/mol. The van der Waals surface area contributed by atoms with E-state index in [-0.39, 0.29) is 0 Å². The Morgan fingerprint density at radius 3 is 2.86 bits per heavy atom. The molecule has 0 spiro atoms. The predicted octanol–water partition coefficient (Wildman–Crippen LogP) is 4.09. The molecule has 2 heteroatoms. The average Bonchev–Trinajstić information content (AvgIpc) is 2.72. The van der Waals surface area contributed by atoms with Crippen molar-refractivity contribution in [3.8, 4) is 0 Å². The Kier molecular flexibility index (Phi) is 3.99. The second kappa shape index (κ2) is 5.50. The Hall–Kier alpha value is -0.370. The molecule has 0 unspecified atom stereocenters. The molecule has 1 aliphatic rings. The molecule has 0 radical (unpaired) electrons. The molecule has 0 amide bonds. The van der Waals surface area contributed by atoms with Crippen LogP contribution in [-0.2, 0) is 5.75 Å². The lowest BCUT2D eigenvalue weighted by molar-refractivity contribution is 0.391. The van der Waals surface area contributed by atoms with E-state index in [1.54, 1.807) is 6.26 Å². The smallest absolute Gasteiger partial charge is 0.113 e. The summed E-state index contributed by atoms with van der Waals surface area (Å²) in [5, 5.41) is 0. The molecule has 0 N–H and O–H groups in total. The van der Waals surface area contributed by atoms with Crippen LogP contribution in [0.15, 0.2) is 22.8 Å². The molecule has 0 saturated heterocycles. The van der Waals surface area contributed by atoms with Gasteiger partial charge in [0, 0.05) is 0 Å². The van der Waals surface area contributed by atoms with Crippen LogP contribution in [0.3, 0.4) is 0 Å². The summed E-state index contributed by atoms with van der Waals surface area (Å²) in [5.41, 5.74) is 0. The van der Waals surface area contributed by atoms with E-state index in [9.17, 15) is 0 Å². The number of thioether (sulfide) groups is 1. The first-order chi connectivity index (χ1) is 6.95. The minimum atomic E-state index is 0.976. The monoisotopic (exact) mass is 210 g/mol. The summed E-state index contributed by atoms with van der Waals surface area (Å²) in [6.45, 7) is 0. The lowest BCUT2D eigenvalue weighted by atomic mass is 9.91. The van der Waals surface area contributed by atoms with Gasteiger partial charge in [-0.1, -0.05) is 19.3 Å². The van der Waals surface area contributed by atoms with E-state index in [1.807, 2.05) is 17.8 Å². The van der Waals surface area contributed by atoms with Crippen LogP contribution in [-0.4, -0.2) is 5.75 Å². The van der Waals surface area contributed by atoms with Gasteiger partial charge in [-0.15, -0.1) is 0 Å². The fraction of sp³-hybridized carbons (Fsp3) is 0.667. The van der Waals surface area contributed by atoms with E-state index in [0.29, 0.717) is 0 Å². The van der Waals surface area contributed by atoms with Gasteiger partial charge in [-0.2, -0.15) is 11.8 Å². The third-order valence-electron chi connectivity index (χ3n) is 2.90. The first-order valence-electron chi connectivity index (χ1n) is 5.55. The molecule has 1 saturated carbocycles. The highest BCUT2D eigenvalue weighted by Crippen LogP contribution is 2.27. The van der Waals surface area contributed by atoms with Crippen LogP contribution in [0.4, 0.5) is 0 Å². The molecule has 1 heterocycles. The summed E-state index contributed by atoms with van der Waals surface area (Å²) in [6.07, 6.45) is 9.02. The lowest BCUT2D eigenvalue weighted by Crippen LogP contribution is -2.08. The third-order valence-corrected chi connectivity index (χ3v) is 4.10. The molecule has 1 aromatic heterocycles. The summed E-state index contributed by atoms with van der Waals surface area (Å²) < 4.78 is 5.30. The Morgan fingerprint density at radius 2 is 2.14 bits per heavy atom. The summed E-state index contributed by atoms with van der Waals surface area (Å²) in [5.74, 6) is 4.46. The zero-order chi connectivity index (χ0) is 9.64. The SMILES string of the molecule is c1coc(CSCC2CCCCC2)c1. The maximum Gasteiger partial charge on any atom is 0.113 e. The molecule has 1 nitrogen and oxygen atoms in total. The number of hydrogen-bond donors (Lipinski definition) is 0. The van der Waals surface area contributed by atoms with E-state index in [2.05, 4.69) is 6.07 Å². The minimum Gasteiger partial charge on any atom is -0.468 e. The molecule has 78 valence electrons. The van der Waals surface area contributed by atoms with Crippen molar-refractivity contribution in [1.82, 2.24) is 0 Å². The Bertz CT molecular complexity index is 237. The highest BCUT2D eigenvalue weighted by molar-refractivity contribution is 7.98. The Balaban J connectivity index is 1.62. The molecule has 2 rings (SSSR count). The van der Waals surface area contributed by atoms with Crippen LogP contribution in [0.25, 0.3) is 0 Å². The van der Waals surface area contributed by atoms with Crippen LogP contribution in [0.1, 0.15) is 37.9 Å². The molecule has 0 bridgehead atoms. The van der Waals surface area contributed by atoms with E-state index >= 15 is 0 Å². The van der Waals surface area contributed by atoms with Crippen LogP contribution in [0, 0.1) is 5.92 Å². The largest absolute Gasteiger partial charge is 0.468 e.